The fraction of sp³-hybridized carbons (Fsp3) is 0.917. The zero-order valence-corrected chi connectivity index (χ0v) is 11.3. The van der Waals surface area contributed by atoms with Crippen LogP contribution in [-0.2, 0) is 4.74 Å². The summed E-state index contributed by atoms with van der Waals surface area (Å²) in [4.78, 5) is 6.76. The first-order valence-electron chi connectivity index (χ1n) is 6.45. The van der Waals surface area contributed by atoms with Crippen LogP contribution in [0.15, 0.2) is 4.99 Å². The summed E-state index contributed by atoms with van der Waals surface area (Å²) in [6.45, 7) is 6.90. The lowest BCUT2D eigenvalue weighted by molar-refractivity contribution is 0.196. The van der Waals surface area contributed by atoms with Gasteiger partial charge < -0.3 is 9.64 Å². The van der Waals surface area contributed by atoms with Crippen LogP contribution in [0.5, 0.6) is 0 Å². The Morgan fingerprint density at radius 2 is 2.24 bits per heavy atom. The summed E-state index contributed by atoms with van der Waals surface area (Å²) in [5, 5.41) is 0. The molecule has 1 fully saturated rings. The van der Waals surface area contributed by atoms with Crippen LogP contribution in [0.25, 0.3) is 0 Å². The Hall–Kier alpha value is -0.810. The molecule has 0 aromatic rings. The maximum atomic E-state index is 5.57. The standard InChI is InChI=1S/C12H26N4O/c1-10(2)16(9-11-5-6-11)12(15-13)14-7-4-8-17-3/h10-11H,4-9,13H2,1-3H3,(H,14,15). The highest BCUT2D eigenvalue weighted by atomic mass is 16.5. The number of rotatable bonds is 7. The van der Waals surface area contributed by atoms with Crippen LogP contribution in [0, 0.1) is 5.92 Å². The Morgan fingerprint density at radius 1 is 1.53 bits per heavy atom. The molecule has 3 N–H and O–H groups in total. The molecule has 0 bridgehead atoms. The molecule has 1 saturated carbocycles. The molecule has 0 atom stereocenters. The molecule has 0 aromatic heterocycles. The van der Waals surface area contributed by atoms with E-state index in [0.717, 1.165) is 38.0 Å². The minimum Gasteiger partial charge on any atom is -0.385 e. The maximum absolute atomic E-state index is 5.57. The molecule has 1 aliphatic rings. The molecule has 1 rings (SSSR count). The second-order valence-electron chi connectivity index (χ2n) is 4.89. The predicted molar refractivity (Wildman–Crippen MR) is 70.7 cm³/mol. The second-order valence-corrected chi connectivity index (χ2v) is 4.89. The van der Waals surface area contributed by atoms with E-state index in [2.05, 4.69) is 29.2 Å². The molecular weight excluding hydrogens is 216 g/mol. The van der Waals surface area contributed by atoms with E-state index in [9.17, 15) is 0 Å². The van der Waals surface area contributed by atoms with Gasteiger partial charge in [0.1, 0.15) is 0 Å². The van der Waals surface area contributed by atoms with Crippen LogP contribution in [0.1, 0.15) is 33.1 Å². The highest BCUT2D eigenvalue weighted by molar-refractivity contribution is 5.79. The Morgan fingerprint density at radius 3 is 2.71 bits per heavy atom. The molecule has 0 aromatic carbocycles. The number of nitrogens with one attached hydrogen (secondary N) is 1. The minimum absolute atomic E-state index is 0.424. The SMILES string of the molecule is COCCCN=C(NN)N(CC1CC1)C(C)C. The van der Waals surface area contributed by atoms with Crippen LogP contribution in [-0.4, -0.2) is 43.7 Å². The summed E-state index contributed by atoms with van der Waals surface area (Å²) in [5.74, 6) is 7.21. The number of ether oxygens (including phenoxy) is 1. The lowest BCUT2D eigenvalue weighted by atomic mass is 10.3. The van der Waals surface area contributed by atoms with Gasteiger partial charge in [-0.25, -0.2) is 5.84 Å². The summed E-state index contributed by atoms with van der Waals surface area (Å²) < 4.78 is 5.01. The van der Waals surface area contributed by atoms with Gasteiger partial charge in [0.15, 0.2) is 0 Å². The van der Waals surface area contributed by atoms with E-state index in [1.54, 1.807) is 7.11 Å². The summed E-state index contributed by atoms with van der Waals surface area (Å²) in [6, 6.07) is 0.424. The predicted octanol–water partition coefficient (Wildman–Crippen LogP) is 0.963. The molecule has 0 unspecified atom stereocenters. The minimum atomic E-state index is 0.424. The van der Waals surface area contributed by atoms with E-state index >= 15 is 0 Å². The van der Waals surface area contributed by atoms with Crippen molar-refractivity contribution in [2.24, 2.45) is 16.8 Å². The molecular formula is C12H26N4O. The fourth-order valence-corrected chi connectivity index (χ4v) is 1.73. The van der Waals surface area contributed by atoms with Gasteiger partial charge in [0.25, 0.3) is 0 Å². The number of hydrogen-bond donors (Lipinski definition) is 2. The van der Waals surface area contributed by atoms with Crippen molar-refractivity contribution in [1.29, 1.82) is 0 Å². The highest BCUT2D eigenvalue weighted by Crippen LogP contribution is 2.30. The number of hydrazine groups is 1. The average molecular weight is 242 g/mol. The third-order valence-corrected chi connectivity index (χ3v) is 2.94. The normalized spacial score (nSPS) is 16.4. The Bertz CT molecular complexity index is 239. The lowest BCUT2D eigenvalue weighted by Crippen LogP contribution is -2.49. The largest absolute Gasteiger partial charge is 0.385 e. The van der Waals surface area contributed by atoms with Gasteiger partial charge in [0.05, 0.1) is 0 Å². The first-order chi connectivity index (χ1) is 8.19. The first kappa shape index (κ1) is 14.3. The summed E-state index contributed by atoms with van der Waals surface area (Å²) in [5.41, 5.74) is 2.73. The molecule has 17 heavy (non-hydrogen) atoms. The van der Waals surface area contributed by atoms with Crippen molar-refractivity contribution in [2.75, 3.05) is 26.8 Å². The van der Waals surface area contributed by atoms with E-state index in [0.29, 0.717) is 6.04 Å². The number of aliphatic imine (C=N–C) groups is 1. The van der Waals surface area contributed by atoms with Crippen LogP contribution < -0.4 is 11.3 Å². The van der Waals surface area contributed by atoms with Crippen molar-refractivity contribution in [2.45, 2.75) is 39.2 Å². The molecule has 0 saturated heterocycles. The molecule has 0 amide bonds. The van der Waals surface area contributed by atoms with Crippen molar-refractivity contribution in [1.82, 2.24) is 10.3 Å². The van der Waals surface area contributed by atoms with Gasteiger partial charge in [-0.2, -0.15) is 0 Å². The van der Waals surface area contributed by atoms with Crippen molar-refractivity contribution in [3.05, 3.63) is 0 Å². The Balaban J connectivity index is 2.46. The van der Waals surface area contributed by atoms with Gasteiger partial charge >= 0.3 is 0 Å². The molecule has 1 aliphatic carbocycles. The Labute approximate surface area is 104 Å². The van der Waals surface area contributed by atoms with Crippen LogP contribution >= 0.6 is 0 Å². The maximum Gasteiger partial charge on any atom is 0.208 e. The Kier molecular flexibility index (Phi) is 6.29. The van der Waals surface area contributed by atoms with Gasteiger partial charge in [0.2, 0.25) is 5.96 Å². The average Bonchev–Trinajstić information content (AvgIpc) is 3.11. The summed E-state index contributed by atoms with van der Waals surface area (Å²) in [6.07, 6.45) is 3.60. The molecule has 0 spiro atoms. The van der Waals surface area contributed by atoms with Crippen LogP contribution in [0.3, 0.4) is 0 Å². The van der Waals surface area contributed by atoms with Crippen LogP contribution in [0.2, 0.25) is 0 Å². The summed E-state index contributed by atoms with van der Waals surface area (Å²) in [7, 11) is 1.71. The third kappa shape index (κ3) is 5.37. The molecule has 0 radical (unpaired) electrons. The second kappa shape index (κ2) is 7.50. The highest BCUT2D eigenvalue weighted by Gasteiger charge is 2.26. The van der Waals surface area contributed by atoms with E-state index in [4.69, 9.17) is 10.6 Å². The fourth-order valence-electron chi connectivity index (χ4n) is 1.73. The van der Waals surface area contributed by atoms with Crippen molar-refractivity contribution in [3.63, 3.8) is 0 Å². The van der Waals surface area contributed by atoms with Gasteiger partial charge in [0, 0.05) is 32.8 Å². The van der Waals surface area contributed by atoms with Gasteiger partial charge in [-0.1, -0.05) is 0 Å². The first-order valence-corrected chi connectivity index (χ1v) is 6.45. The van der Waals surface area contributed by atoms with Gasteiger partial charge in [-0.3, -0.25) is 10.4 Å². The quantitative estimate of drug-likeness (QED) is 0.229. The molecule has 0 aliphatic heterocycles. The molecule has 0 heterocycles. The van der Waals surface area contributed by atoms with E-state index in [-0.39, 0.29) is 0 Å². The zero-order chi connectivity index (χ0) is 12.7. The number of nitrogens with two attached hydrogens (primary N) is 1. The van der Waals surface area contributed by atoms with E-state index < -0.39 is 0 Å². The van der Waals surface area contributed by atoms with Gasteiger partial charge in [-0.05, 0) is 39.0 Å². The smallest absolute Gasteiger partial charge is 0.208 e. The van der Waals surface area contributed by atoms with Crippen molar-refractivity contribution in [3.8, 4) is 0 Å². The number of methoxy groups -OCH3 is 1. The molecule has 5 heteroatoms. The monoisotopic (exact) mass is 242 g/mol. The van der Waals surface area contributed by atoms with E-state index in [1.165, 1.54) is 12.8 Å². The van der Waals surface area contributed by atoms with Crippen molar-refractivity contribution < 1.29 is 4.74 Å². The topological polar surface area (TPSA) is 62.9 Å². The van der Waals surface area contributed by atoms with Crippen molar-refractivity contribution >= 4 is 5.96 Å². The third-order valence-electron chi connectivity index (χ3n) is 2.94. The van der Waals surface area contributed by atoms with Crippen LogP contribution in [0.4, 0.5) is 0 Å². The molecule has 100 valence electrons. The zero-order valence-electron chi connectivity index (χ0n) is 11.3. The molecule has 5 nitrogen and oxygen atoms in total. The number of hydrogen-bond acceptors (Lipinski definition) is 3. The lowest BCUT2D eigenvalue weighted by Gasteiger charge is -2.29. The summed E-state index contributed by atoms with van der Waals surface area (Å²) >= 11 is 0. The van der Waals surface area contributed by atoms with E-state index in [1.807, 2.05) is 0 Å². The number of nitrogens with zero attached hydrogens (tertiary/aromatic N) is 2. The van der Waals surface area contributed by atoms with Gasteiger partial charge in [-0.15, -0.1) is 0 Å². The number of guanidine groups is 1.